The van der Waals surface area contributed by atoms with Crippen molar-refractivity contribution in [1.82, 2.24) is 4.98 Å². The van der Waals surface area contributed by atoms with Crippen LogP contribution in [0.15, 0.2) is 48.8 Å². The summed E-state index contributed by atoms with van der Waals surface area (Å²) in [6.45, 7) is 1.81. The lowest BCUT2D eigenvalue weighted by Gasteiger charge is -2.03. The maximum atomic E-state index is 12.0. The SMILES string of the molecule is Cc1ccccc1C(=O)C(=O)c1cccnc1. The highest BCUT2D eigenvalue weighted by molar-refractivity contribution is 6.49. The first-order valence-electron chi connectivity index (χ1n) is 5.25. The van der Waals surface area contributed by atoms with Gasteiger partial charge in [0.25, 0.3) is 0 Å². The molecule has 84 valence electrons. The minimum Gasteiger partial charge on any atom is -0.285 e. The van der Waals surface area contributed by atoms with E-state index in [1.165, 1.54) is 6.20 Å². The van der Waals surface area contributed by atoms with Gasteiger partial charge in [-0.3, -0.25) is 14.6 Å². The molecule has 0 unspecified atom stereocenters. The lowest BCUT2D eigenvalue weighted by atomic mass is 9.99. The van der Waals surface area contributed by atoms with Gasteiger partial charge in [0.05, 0.1) is 0 Å². The molecule has 1 aromatic heterocycles. The molecule has 3 heteroatoms. The fraction of sp³-hybridized carbons (Fsp3) is 0.0714. The molecule has 0 radical (unpaired) electrons. The van der Waals surface area contributed by atoms with Gasteiger partial charge in [-0.15, -0.1) is 0 Å². The van der Waals surface area contributed by atoms with E-state index in [9.17, 15) is 9.59 Å². The number of aryl methyl sites for hydroxylation is 1. The van der Waals surface area contributed by atoms with Crippen molar-refractivity contribution in [1.29, 1.82) is 0 Å². The zero-order valence-electron chi connectivity index (χ0n) is 9.38. The van der Waals surface area contributed by atoms with E-state index in [1.807, 2.05) is 19.1 Å². The van der Waals surface area contributed by atoms with E-state index in [2.05, 4.69) is 4.98 Å². The van der Waals surface area contributed by atoms with Crippen molar-refractivity contribution in [3.05, 3.63) is 65.5 Å². The third kappa shape index (κ3) is 2.28. The van der Waals surface area contributed by atoms with Gasteiger partial charge in [-0.2, -0.15) is 0 Å². The van der Waals surface area contributed by atoms with E-state index in [0.717, 1.165) is 5.56 Å². The van der Waals surface area contributed by atoms with Gasteiger partial charge in [0, 0.05) is 23.5 Å². The number of Topliss-reactive ketones (excluding diaryl/α,β-unsaturated/α-hetero) is 2. The number of rotatable bonds is 3. The molecule has 0 bridgehead atoms. The molecule has 0 saturated heterocycles. The predicted molar refractivity (Wildman–Crippen MR) is 64.1 cm³/mol. The Labute approximate surface area is 99.1 Å². The van der Waals surface area contributed by atoms with Crippen LogP contribution < -0.4 is 0 Å². The second-order valence-electron chi connectivity index (χ2n) is 3.71. The Bertz CT molecular complexity index is 561. The molecule has 3 nitrogen and oxygen atoms in total. The molecular weight excluding hydrogens is 214 g/mol. The average Bonchev–Trinajstić information content (AvgIpc) is 2.39. The highest BCUT2D eigenvalue weighted by Gasteiger charge is 2.19. The summed E-state index contributed by atoms with van der Waals surface area (Å²) in [7, 11) is 0. The molecule has 2 rings (SSSR count). The highest BCUT2D eigenvalue weighted by Crippen LogP contribution is 2.11. The summed E-state index contributed by atoms with van der Waals surface area (Å²) in [4.78, 5) is 27.7. The summed E-state index contributed by atoms with van der Waals surface area (Å²) in [5.41, 5.74) is 1.57. The lowest BCUT2D eigenvalue weighted by Crippen LogP contribution is -2.15. The Morgan fingerprint density at radius 1 is 1.00 bits per heavy atom. The van der Waals surface area contributed by atoms with Crippen LogP contribution in [0.2, 0.25) is 0 Å². The second-order valence-corrected chi connectivity index (χ2v) is 3.71. The predicted octanol–water partition coefficient (Wildman–Crippen LogP) is 2.46. The second kappa shape index (κ2) is 4.70. The van der Waals surface area contributed by atoms with Crippen molar-refractivity contribution in [3.63, 3.8) is 0 Å². The van der Waals surface area contributed by atoms with Crippen LogP contribution in [0, 0.1) is 6.92 Å². The molecule has 0 aliphatic carbocycles. The third-order valence-corrected chi connectivity index (χ3v) is 2.52. The van der Waals surface area contributed by atoms with Crippen molar-refractivity contribution in [3.8, 4) is 0 Å². The number of ketones is 2. The molecule has 0 atom stereocenters. The first kappa shape index (κ1) is 11.2. The van der Waals surface area contributed by atoms with Crippen molar-refractivity contribution in [2.45, 2.75) is 6.92 Å². The van der Waals surface area contributed by atoms with E-state index >= 15 is 0 Å². The van der Waals surface area contributed by atoms with Crippen LogP contribution in [-0.4, -0.2) is 16.6 Å². The summed E-state index contributed by atoms with van der Waals surface area (Å²) < 4.78 is 0. The summed E-state index contributed by atoms with van der Waals surface area (Å²) >= 11 is 0. The van der Waals surface area contributed by atoms with Crippen LogP contribution >= 0.6 is 0 Å². The number of aromatic nitrogens is 1. The van der Waals surface area contributed by atoms with E-state index in [-0.39, 0.29) is 0 Å². The quantitative estimate of drug-likeness (QED) is 0.595. The zero-order valence-corrected chi connectivity index (χ0v) is 9.38. The Morgan fingerprint density at radius 3 is 2.41 bits per heavy atom. The molecule has 2 aromatic rings. The minimum atomic E-state index is -0.521. The highest BCUT2D eigenvalue weighted by atomic mass is 16.2. The lowest BCUT2D eigenvalue weighted by molar-refractivity contribution is 0.0816. The molecule has 0 spiro atoms. The van der Waals surface area contributed by atoms with Gasteiger partial charge in [-0.05, 0) is 24.6 Å². The largest absolute Gasteiger partial charge is 0.285 e. The molecule has 0 aliphatic rings. The van der Waals surface area contributed by atoms with Crippen LogP contribution in [-0.2, 0) is 0 Å². The smallest absolute Gasteiger partial charge is 0.235 e. The summed E-state index contributed by atoms with van der Waals surface area (Å²) in [6, 6.07) is 10.3. The topological polar surface area (TPSA) is 47.0 Å². The maximum Gasteiger partial charge on any atom is 0.235 e. The van der Waals surface area contributed by atoms with Crippen molar-refractivity contribution < 1.29 is 9.59 Å². The Hall–Kier alpha value is -2.29. The van der Waals surface area contributed by atoms with Gasteiger partial charge in [0.1, 0.15) is 0 Å². The molecule has 0 fully saturated rings. The van der Waals surface area contributed by atoms with Crippen LogP contribution in [0.1, 0.15) is 26.3 Å². The molecule has 0 amide bonds. The number of hydrogen-bond acceptors (Lipinski definition) is 3. The van der Waals surface area contributed by atoms with Crippen molar-refractivity contribution >= 4 is 11.6 Å². The van der Waals surface area contributed by atoms with Gasteiger partial charge < -0.3 is 0 Å². The van der Waals surface area contributed by atoms with Gasteiger partial charge in [-0.25, -0.2) is 0 Å². The van der Waals surface area contributed by atoms with Crippen LogP contribution in [0.5, 0.6) is 0 Å². The number of pyridine rings is 1. The maximum absolute atomic E-state index is 12.0. The first-order chi connectivity index (χ1) is 8.20. The normalized spacial score (nSPS) is 9.94. The number of carbonyl (C=O) groups excluding carboxylic acids is 2. The van der Waals surface area contributed by atoms with E-state index < -0.39 is 11.6 Å². The summed E-state index contributed by atoms with van der Waals surface area (Å²) in [6.07, 6.45) is 2.97. The number of carbonyl (C=O) groups is 2. The third-order valence-electron chi connectivity index (χ3n) is 2.52. The molecule has 0 N–H and O–H groups in total. The van der Waals surface area contributed by atoms with Crippen LogP contribution in [0.25, 0.3) is 0 Å². The fourth-order valence-electron chi connectivity index (χ4n) is 1.58. The summed E-state index contributed by atoms with van der Waals surface area (Å²) in [5, 5.41) is 0. The number of benzene rings is 1. The molecule has 0 aliphatic heterocycles. The number of nitrogens with zero attached hydrogens (tertiary/aromatic N) is 1. The van der Waals surface area contributed by atoms with Gasteiger partial charge >= 0.3 is 0 Å². The monoisotopic (exact) mass is 225 g/mol. The van der Waals surface area contributed by atoms with Gasteiger partial charge in [0.15, 0.2) is 0 Å². The molecule has 0 saturated carbocycles. The van der Waals surface area contributed by atoms with E-state index in [1.54, 1.807) is 30.5 Å². The number of hydrogen-bond donors (Lipinski definition) is 0. The van der Waals surface area contributed by atoms with E-state index in [4.69, 9.17) is 0 Å². The standard InChI is InChI=1S/C14H11NO2/c1-10-5-2-3-7-12(10)14(17)13(16)11-6-4-8-15-9-11/h2-9H,1H3. The molecule has 1 heterocycles. The molecule has 1 aromatic carbocycles. The van der Waals surface area contributed by atoms with Crippen molar-refractivity contribution in [2.75, 3.05) is 0 Å². The Morgan fingerprint density at radius 2 is 1.76 bits per heavy atom. The van der Waals surface area contributed by atoms with E-state index in [0.29, 0.717) is 11.1 Å². The summed E-state index contributed by atoms with van der Waals surface area (Å²) in [5.74, 6) is -1.01. The Balaban J connectivity index is 2.34. The van der Waals surface area contributed by atoms with Gasteiger partial charge in [-0.1, -0.05) is 24.3 Å². The zero-order chi connectivity index (χ0) is 12.3. The fourth-order valence-corrected chi connectivity index (χ4v) is 1.58. The first-order valence-corrected chi connectivity index (χ1v) is 5.25. The van der Waals surface area contributed by atoms with Gasteiger partial charge in [0.2, 0.25) is 11.6 Å². The average molecular weight is 225 g/mol. The molecular formula is C14H11NO2. The van der Waals surface area contributed by atoms with Crippen LogP contribution in [0.4, 0.5) is 0 Å². The van der Waals surface area contributed by atoms with Crippen molar-refractivity contribution in [2.24, 2.45) is 0 Å². The Kier molecular flexibility index (Phi) is 3.10. The minimum absolute atomic E-state index is 0.320. The van der Waals surface area contributed by atoms with Crippen LogP contribution in [0.3, 0.4) is 0 Å². The molecule has 17 heavy (non-hydrogen) atoms.